The van der Waals surface area contributed by atoms with Crippen LogP contribution in [0, 0.1) is 5.92 Å². The van der Waals surface area contributed by atoms with Crippen molar-refractivity contribution in [3.63, 3.8) is 0 Å². The van der Waals surface area contributed by atoms with Gasteiger partial charge in [0.2, 0.25) is 5.91 Å². The van der Waals surface area contributed by atoms with Crippen LogP contribution in [0.2, 0.25) is 0 Å². The summed E-state index contributed by atoms with van der Waals surface area (Å²) in [6, 6.07) is 0.361. The highest BCUT2D eigenvalue weighted by Gasteiger charge is 2.30. The molecular formula is C10H17N3OS. The largest absolute Gasteiger partial charge is 0.379 e. The smallest absolute Gasteiger partial charge is 0.235 e. The predicted molar refractivity (Wildman–Crippen MR) is 62.8 cm³/mol. The molecule has 4 nitrogen and oxygen atoms in total. The second-order valence-electron chi connectivity index (χ2n) is 4.31. The van der Waals surface area contributed by atoms with E-state index in [9.17, 15) is 4.79 Å². The Balaban J connectivity index is 1.82. The van der Waals surface area contributed by atoms with Crippen LogP contribution < -0.4 is 11.1 Å². The molecule has 0 aromatic heterocycles. The number of carbonyl (C=O) groups excluding carboxylic acids is 1. The quantitative estimate of drug-likeness (QED) is 0.730. The highest BCUT2D eigenvalue weighted by atomic mass is 32.2. The molecule has 0 radical (unpaired) electrons. The third-order valence-corrected chi connectivity index (χ3v) is 4.18. The number of amidine groups is 1. The Kier molecular flexibility index (Phi) is 3.19. The van der Waals surface area contributed by atoms with Crippen LogP contribution in [-0.2, 0) is 4.79 Å². The Morgan fingerprint density at radius 2 is 2.40 bits per heavy atom. The topological polar surface area (TPSA) is 67.5 Å². The highest BCUT2D eigenvalue weighted by molar-refractivity contribution is 8.15. The van der Waals surface area contributed by atoms with Gasteiger partial charge in [-0.15, -0.1) is 0 Å². The summed E-state index contributed by atoms with van der Waals surface area (Å²) in [6.07, 6.45) is 3.56. The molecule has 0 aromatic carbocycles. The summed E-state index contributed by atoms with van der Waals surface area (Å²) in [5, 5.41) is 3.54. The fourth-order valence-corrected chi connectivity index (χ4v) is 2.93. The first-order valence-electron chi connectivity index (χ1n) is 5.44. The number of carbonyl (C=O) groups is 1. The van der Waals surface area contributed by atoms with Crippen molar-refractivity contribution in [3.05, 3.63) is 0 Å². The summed E-state index contributed by atoms with van der Waals surface area (Å²) in [6.45, 7) is 2.73. The molecule has 3 unspecified atom stereocenters. The predicted octanol–water partition coefficient (Wildman–Crippen LogP) is 0.721. The zero-order chi connectivity index (χ0) is 10.8. The lowest BCUT2D eigenvalue weighted by atomic mass is 10.1. The lowest BCUT2D eigenvalue weighted by Crippen LogP contribution is -2.42. The van der Waals surface area contributed by atoms with Crippen molar-refractivity contribution in [2.75, 3.05) is 6.54 Å². The van der Waals surface area contributed by atoms with Gasteiger partial charge in [-0.25, -0.2) is 0 Å². The lowest BCUT2D eigenvalue weighted by Gasteiger charge is -2.19. The minimum absolute atomic E-state index is 0.0993. The standard InChI is InChI=1S/C10H17N3OS/c1-6-3-2-4-7(6)13-9(14)8-5-12-10(11)15-8/h6-8H,2-5H2,1H3,(H2,11,12)(H,13,14). The monoisotopic (exact) mass is 227 g/mol. The van der Waals surface area contributed by atoms with Gasteiger partial charge in [-0.3, -0.25) is 9.79 Å². The molecule has 3 atom stereocenters. The normalized spacial score (nSPS) is 35.3. The van der Waals surface area contributed by atoms with E-state index in [0.29, 0.717) is 23.7 Å². The number of hydrogen-bond donors (Lipinski definition) is 2. The molecule has 1 amide bonds. The van der Waals surface area contributed by atoms with E-state index in [2.05, 4.69) is 17.2 Å². The third kappa shape index (κ3) is 2.45. The molecule has 5 heteroatoms. The zero-order valence-electron chi connectivity index (χ0n) is 8.90. The van der Waals surface area contributed by atoms with Crippen molar-refractivity contribution in [2.45, 2.75) is 37.5 Å². The Labute approximate surface area is 94.1 Å². The maximum Gasteiger partial charge on any atom is 0.235 e. The highest BCUT2D eigenvalue weighted by Crippen LogP contribution is 2.26. The van der Waals surface area contributed by atoms with Crippen LogP contribution >= 0.6 is 11.8 Å². The van der Waals surface area contributed by atoms with E-state index in [4.69, 9.17) is 5.73 Å². The average Bonchev–Trinajstić information content (AvgIpc) is 2.77. The van der Waals surface area contributed by atoms with Crippen LogP contribution in [0.3, 0.4) is 0 Å². The van der Waals surface area contributed by atoms with Crippen LogP contribution in [0.5, 0.6) is 0 Å². The first-order valence-corrected chi connectivity index (χ1v) is 6.31. The van der Waals surface area contributed by atoms with Crippen LogP contribution in [0.25, 0.3) is 0 Å². The second-order valence-corrected chi connectivity index (χ2v) is 5.53. The van der Waals surface area contributed by atoms with Gasteiger partial charge in [-0.2, -0.15) is 0 Å². The second kappa shape index (κ2) is 4.43. The van der Waals surface area contributed by atoms with Crippen molar-refractivity contribution < 1.29 is 4.79 Å². The van der Waals surface area contributed by atoms with Crippen LogP contribution in [-0.4, -0.2) is 28.9 Å². The first kappa shape index (κ1) is 10.8. The fourth-order valence-electron chi connectivity index (χ4n) is 2.17. The van der Waals surface area contributed by atoms with Crippen molar-refractivity contribution in [1.29, 1.82) is 0 Å². The molecule has 0 spiro atoms. The number of rotatable bonds is 2. The molecule has 1 aliphatic heterocycles. The maximum atomic E-state index is 11.8. The van der Waals surface area contributed by atoms with E-state index in [1.165, 1.54) is 24.6 Å². The number of thioether (sulfide) groups is 1. The Bertz CT molecular complexity index is 292. The number of amides is 1. The Morgan fingerprint density at radius 3 is 2.93 bits per heavy atom. The molecule has 1 aliphatic carbocycles. The van der Waals surface area contributed by atoms with Crippen LogP contribution in [0.1, 0.15) is 26.2 Å². The molecule has 2 aliphatic rings. The molecule has 3 N–H and O–H groups in total. The van der Waals surface area contributed by atoms with Crippen molar-refractivity contribution in [2.24, 2.45) is 16.6 Å². The summed E-state index contributed by atoms with van der Waals surface area (Å²) in [4.78, 5) is 15.9. The third-order valence-electron chi connectivity index (χ3n) is 3.16. The maximum absolute atomic E-state index is 11.8. The number of nitrogens with zero attached hydrogens (tertiary/aromatic N) is 1. The van der Waals surface area contributed by atoms with E-state index < -0.39 is 0 Å². The summed E-state index contributed by atoms with van der Waals surface area (Å²) in [5.41, 5.74) is 5.53. The zero-order valence-corrected chi connectivity index (χ0v) is 9.72. The van der Waals surface area contributed by atoms with Crippen molar-refractivity contribution in [1.82, 2.24) is 5.32 Å². The fraction of sp³-hybridized carbons (Fsp3) is 0.800. The molecule has 0 bridgehead atoms. The van der Waals surface area contributed by atoms with Gasteiger partial charge in [-0.1, -0.05) is 25.1 Å². The van der Waals surface area contributed by atoms with E-state index in [-0.39, 0.29) is 11.2 Å². The van der Waals surface area contributed by atoms with Gasteiger partial charge < -0.3 is 11.1 Å². The molecule has 1 fully saturated rings. The molecule has 15 heavy (non-hydrogen) atoms. The summed E-state index contributed by atoms with van der Waals surface area (Å²) in [7, 11) is 0. The van der Waals surface area contributed by atoms with E-state index in [1.54, 1.807) is 0 Å². The minimum Gasteiger partial charge on any atom is -0.379 e. The van der Waals surface area contributed by atoms with Gasteiger partial charge in [0.05, 0.1) is 6.54 Å². The molecule has 0 saturated heterocycles. The molecule has 2 rings (SSSR count). The van der Waals surface area contributed by atoms with Gasteiger partial charge in [0.15, 0.2) is 5.17 Å². The first-order chi connectivity index (χ1) is 7.16. The molecule has 1 saturated carbocycles. The van der Waals surface area contributed by atoms with Crippen LogP contribution in [0.4, 0.5) is 0 Å². The van der Waals surface area contributed by atoms with Gasteiger partial charge >= 0.3 is 0 Å². The Hall–Kier alpha value is -0.710. The van der Waals surface area contributed by atoms with Gasteiger partial charge in [0, 0.05) is 6.04 Å². The van der Waals surface area contributed by atoms with E-state index in [0.717, 1.165) is 6.42 Å². The van der Waals surface area contributed by atoms with Crippen LogP contribution in [0.15, 0.2) is 4.99 Å². The molecule has 0 aromatic rings. The summed E-state index contributed by atoms with van der Waals surface area (Å²) < 4.78 is 0. The van der Waals surface area contributed by atoms with Crippen molar-refractivity contribution in [3.8, 4) is 0 Å². The van der Waals surface area contributed by atoms with Crippen molar-refractivity contribution >= 4 is 22.8 Å². The number of aliphatic imine (C=N–C) groups is 1. The van der Waals surface area contributed by atoms with Gasteiger partial charge in [0.1, 0.15) is 5.25 Å². The number of nitrogens with one attached hydrogen (secondary N) is 1. The lowest BCUT2D eigenvalue weighted by molar-refractivity contribution is -0.121. The molecule has 84 valence electrons. The summed E-state index contributed by atoms with van der Waals surface area (Å²) >= 11 is 1.37. The van der Waals surface area contributed by atoms with Gasteiger partial charge in [0.25, 0.3) is 0 Å². The van der Waals surface area contributed by atoms with E-state index >= 15 is 0 Å². The average molecular weight is 227 g/mol. The van der Waals surface area contributed by atoms with Gasteiger partial charge in [-0.05, 0) is 18.8 Å². The Morgan fingerprint density at radius 1 is 1.60 bits per heavy atom. The minimum atomic E-state index is -0.0993. The number of nitrogens with two attached hydrogens (primary N) is 1. The van der Waals surface area contributed by atoms with E-state index in [1.807, 2.05) is 0 Å². The SMILES string of the molecule is CC1CCCC1NC(=O)C1CN=C(N)S1. The molecular weight excluding hydrogens is 210 g/mol. The molecule has 1 heterocycles. The summed E-state index contributed by atoms with van der Waals surface area (Å²) in [5.74, 6) is 0.710. The number of hydrogen-bond acceptors (Lipinski definition) is 4.